The van der Waals surface area contributed by atoms with Gasteiger partial charge in [0.05, 0.1) is 0 Å². The van der Waals surface area contributed by atoms with Crippen LogP contribution >= 0.6 is 0 Å². The minimum Gasteiger partial charge on any atom is -0.870 e. The van der Waals surface area contributed by atoms with Crippen molar-refractivity contribution in [1.29, 1.82) is 0 Å². The van der Waals surface area contributed by atoms with Crippen LogP contribution in [0.15, 0.2) is 47.4 Å². The Balaban J connectivity index is 0.00000392. The molecule has 0 radical (unpaired) electrons. The summed E-state index contributed by atoms with van der Waals surface area (Å²) in [6.07, 6.45) is 8.94. The van der Waals surface area contributed by atoms with Crippen LogP contribution in [0.3, 0.4) is 0 Å². The topological polar surface area (TPSA) is 86.7 Å². The fourth-order valence-electron chi connectivity index (χ4n) is 2.93. The molecule has 0 aliphatic carbocycles. The van der Waals surface area contributed by atoms with Gasteiger partial charge in [0.1, 0.15) is 16.4 Å². The maximum Gasteiger partial charge on any atom is 1.00 e. The van der Waals surface area contributed by atoms with Gasteiger partial charge in [-0.1, -0.05) is 75.5 Å². The zero-order valence-corrected chi connectivity index (χ0v) is 20.6. The summed E-state index contributed by atoms with van der Waals surface area (Å²) in [7, 11) is -4.46. The van der Waals surface area contributed by atoms with Crippen LogP contribution in [0.5, 0.6) is 17.2 Å². The first kappa shape index (κ1) is 25.6. The van der Waals surface area contributed by atoms with Gasteiger partial charge in [0.25, 0.3) is 10.1 Å². The zero-order chi connectivity index (χ0) is 19.7. The Morgan fingerprint density at radius 1 is 0.929 bits per heavy atom. The molecular formula is C21H27KO5S. The second-order valence-corrected chi connectivity index (χ2v) is 8.07. The van der Waals surface area contributed by atoms with Crippen LogP contribution in [-0.4, -0.2) is 13.0 Å². The van der Waals surface area contributed by atoms with Crippen molar-refractivity contribution in [3.05, 3.63) is 48.0 Å². The zero-order valence-electron chi connectivity index (χ0n) is 16.7. The van der Waals surface area contributed by atoms with E-state index < -0.39 is 10.1 Å². The quantitative estimate of drug-likeness (QED) is 0.335. The Labute approximate surface area is 210 Å². The summed E-state index contributed by atoms with van der Waals surface area (Å²) < 4.78 is 38.5. The smallest absolute Gasteiger partial charge is 0.870 e. The van der Waals surface area contributed by atoms with Gasteiger partial charge in [-0.05, 0) is 36.6 Å². The minimum atomic E-state index is -4.46. The summed E-state index contributed by atoms with van der Waals surface area (Å²) >= 11 is 0. The third kappa shape index (κ3) is 8.53. The van der Waals surface area contributed by atoms with Gasteiger partial charge in [-0.15, -0.1) is 0 Å². The van der Waals surface area contributed by atoms with Crippen molar-refractivity contribution < 1.29 is 74.2 Å². The van der Waals surface area contributed by atoms with Crippen LogP contribution in [-0.2, 0) is 16.5 Å². The Hall–Kier alpha value is -0.414. The first-order valence-corrected chi connectivity index (χ1v) is 10.9. The summed E-state index contributed by atoms with van der Waals surface area (Å²) in [6, 6.07) is 10.7. The van der Waals surface area contributed by atoms with Crippen LogP contribution in [0, 0.1) is 0 Å². The van der Waals surface area contributed by atoms with Crippen molar-refractivity contribution in [3.8, 4) is 17.2 Å². The Morgan fingerprint density at radius 2 is 1.57 bits per heavy atom. The first-order valence-electron chi connectivity index (χ1n) is 9.46. The minimum absolute atomic E-state index is 0. The molecule has 5 nitrogen and oxygen atoms in total. The van der Waals surface area contributed by atoms with Crippen LogP contribution in [0.2, 0.25) is 0 Å². The second kappa shape index (κ2) is 13.0. The fourth-order valence-corrected chi connectivity index (χ4v) is 3.60. The molecule has 0 aliphatic heterocycles. The molecule has 28 heavy (non-hydrogen) atoms. The number of benzene rings is 2. The summed E-state index contributed by atoms with van der Waals surface area (Å²) in [6.45, 7) is 2.19. The van der Waals surface area contributed by atoms with Crippen molar-refractivity contribution in [2.75, 3.05) is 0 Å². The van der Waals surface area contributed by atoms with E-state index in [9.17, 15) is 18.1 Å². The molecule has 7 heteroatoms. The summed E-state index contributed by atoms with van der Waals surface area (Å²) in [4.78, 5) is -0.314. The van der Waals surface area contributed by atoms with Gasteiger partial charge in [-0.2, -0.15) is 8.42 Å². The number of hydrogen-bond acceptors (Lipinski definition) is 4. The van der Waals surface area contributed by atoms with Gasteiger partial charge >= 0.3 is 51.4 Å². The SMILES string of the molecule is CCCCCCCCCc1ccc(Oc2ccccc2[O-])c(S(=O)(=O)O)c1.[K+]. The number of hydrogen-bond donors (Lipinski definition) is 1. The van der Waals surface area contributed by atoms with E-state index in [4.69, 9.17) is 4.74 Å². The summed E-state index contributed by atoms with van der Waals surface area (Å²) in [5.74, 6) is -0.391. The van der Waals surface area contributed by atoms with E-state index in [1.54, 1.807) is 18.2 Å². The maximum absolute atomic E-state index is 11.8. The molecule has 0 aliphatic rings. The van der Waals surface area contributed by atoms with Gasteiger partial charge in [0.2, 0.25) is 0 Å². The molecule has 0 spiro atoms. The number of para-hydroxylation sites is 2. The number of rotatable bonds is 11. The largest absolute Gasteiger partial charge is 1.00 e. The monoisotopic (exact) mass is 430 g/mol. The van der Waals surface area contributed by atoms with Crippen molar-refractivity contribution in [1.82, 2.24) is 0 Å². The van der Waals surface area contributed by atoms with Crippen molar-refractivity contribution in [2.24, 2.45) is 0 Å². The van der Waals surface area contributed by atoms with E-state index in [1.165, 1.54) is 56.4 Å². The summed E-state index contributed by atoms with van der Waals surface area (Å²) in [5.41, 5.74) is 0.818. The van der Waals surface area contributed by atoms with E-state index in [2.05, 4.69) is 6.92 Å². The molecule has 0 fully saturated rings. The number of ether oxygens (including phenoxy) is 1. The molecule has 0 saturated carbocycles. The van der Waals surface area contributed by atoms with Gasteiger partial charge in [0, 0.05) is 0 Å². The average molecular weight is 431 g/mol. The Kier molecular flexibility index (Phi) is 11.9. The molecule has 0 heterocycles. The van der Waals surface area contributed by atoms with Gasteiger partial charge in [-0.3, -0.25) is 4.55 Å². The van der Waals surface area contributed by atoms with E-state index in [0.717, 1.165) is 24.8 Å². The van der Waals surface area contributed by atoms with Crippen molar-refractivity contribution in [2.45, 2.75) is 63.2 Å². The molecule has 148 valence electrons. The molecule has 2 aromatic carbocycles. The molecule has 0 bridgehead atoms. The second-order valence-electron chi connectivity index (χ2n) is 6.68. The molecule has 0 saturated heterocycles. The molecule has 0 atom stereocenters. The predicted molar refractivity (Wildman–Crippen MR) is 104 cm³/mol. The van der Waals surface area contributed by atoms with E-state index in [0.29, 0.717) is 0 Å². The van der Waals surface area contributed by atoms with Crippen LogP contribution in [0.1, 0.15) is 57.4 Å². The molecule has 0 aromatic heterocycles. The van der Waals surface area contributed by atoms with E-state index >= 15 is 0 Å². The Bertz CT molecular complexity index is 836. The van der Waals surface area contributed by atoms with Crippen molar-refractivity contribution >= 4 is 10.1 Å². The molecule has 1 N–H and O–H groups in total. The van der Waals surface area contributed by atoms with Gasteiger partial charge in [0.15, 0.2) is 0 Å². The standard InChI is InChI=1S/C21H28O5S.K/c1-2-3-4-5-6-7-8-11-17-14-15-20(21(16-17)27(23,24)25)26-19-13-10-9-12-18(19)22;/h9-10,12-16,22H,2-8,11H2,1H3,(H,23,24,25);/q;+1/p-1. The summed E-state index contributed by atoms with van der Waals surface area (Å²) in [5, 5.41) is 11.8. The van der Waals surface area contributed by atoms with Crippen LogP contribution < -0.4 is 61.2 Å². The first-order chi connectivity index (χ1) is 12.9. The van der Waals surface area contributed by atoms with Gasteiger partial charge < -0.3 is 9.84 Å². The molecule has 2 aromatic rings. The molecule has 2 rings (SSSR count). The van der Waals surface area contributed by atoms with E-state index in [1.807, 2.05) is 0 Å². The normalized spacial score (nSPS) is 11.1. The third-order valence-electron chi connectivity index (χ3n) is 4.42. The van der Waals surface area contributed by atoms with Crippen LogP contribution in [0.25, 0.3) is 0 Å². The van der Waals surface area contributed by atoms with Crippen molar-refractivity contribution in [3.63, 3.8) is 0 Å². The van der Waals surface area contributed by atoms with Gasteiger partial charge in [-0.25, -0.2) is 0 Å². The predicted octanol–water partition coefficient (Wildman–Crippen LogP) is 2.10. The fraction of sp³-hybridized carbons (Fsp3) is 0.429. The number of aryl methyl sites for hydroxylation is 1. The van der Waals surface area contributed by atoms with Crippen LogP contribution in [0.4, 0.5) is 0 Å². The maximum atomic E-state index is 11.8. The Morgan fingerprint density at radius 3 is 2.21 bits per heavy atom. The molecule has 0 amide bonds. The molecule has 0 unspecified atom stereocenters. The number of unbranched alkanes of at least 4 members (excludes halogenated alkanes) is 6. The van der Waals surface area contributed by atoms with E-state index in [-0.39, 0.29) is 73.5 Å². The third-order valence-corrected chi connectivity index (χ3v) is 5.30. The average Bonchev–Trinajstić information content (AvgIpc) is 2.63. The molecular weight excluding hydrogens is 403 g/mol.